The van der Waals surface area contributed by atoms with E-state index in [1.807, 2.05) is 17.5 Å². The van der Waals surface area contributed by atoms with Crippen molar-refractivity contribution in [3.8, 4) is 0 Å². The van der Waals surface area contributed by atoms with Gasteiger partial charge < -0.3 is 19.5 Å². The Hall–Kier alpha value is -1.44. The number of methoxy groups -OCH3 is 1. The van der Waals surface area contributed by atoms with E-state index in [-0.39, 0.29) is 12.5 Å². The van der Waals surface area contributed by atoms with Gasteiger partial charge in [0, 0.05) is 18.5 Å². The Kier molecular flexibility index (Phi) is 7.09. The maximum absolute atomic E-state index is 11.9. The predicted octanol–water partition coefficient (Wildman–Crippen LogP) is 0.824. The molecule has 0 atom stereocenters. The fraction of sp³-hybridized carbons (Fsp3) is 0.500. The first-order chi connectivity index (χ1) is 9.13. The Bertz CT molecular complexity index is 393. The molecule has 0 bridgehead atoms. The van der Waals surface area contributed by atoms with Crippen molar-refractivity contribution in [2.24, 2.45) is 0 Å². The Morgan fingerprint density at radius 1 is 1.42 bits per heavy atom. The zero-order valence-corrected chi connectivity index (χ0v) is 11.5. The molecule has 0 aliphatic rings. The molecule has 0 fully saturated rings. The summed E-state index contributed by atoms with van der Waals surface area (Å²) in [5.41, 5.74) is 0. The van der Waals surface area contributed by atoms with Crippen molar-refractivity contribution in [3.63, 3.8) is 0 Å². The number of rotatable bonds is 9. The largest absolute Gasteiger partial charge is 0.480 e. The summed E-state index contributed by atoms with van der Waals surface area (Å²) in [6.07, 6.45) is 0. The number of hydrogen-bond acceptors (Lipinski definition) is 5. The lowest BCUT2D eigenvalue weighted by atomic mass is 10.4. The Labute approximate surface area is 115 Å². The zero-order valence-electron chi connectivity index (χ0n) is 10.7. The molecule has 1 amide bonds. The van der Waals surface area contributed by atoms with Gasteiger partial charge >= 0.3 is 5.97 Å². The van der Waals surface area contributed by atoms with Gasteiger partial charge in [0.15, 0.2) is 0 Å². The van der Waals surface area contributed by atoms with Gasteiger partial charge in [-0.15, -0.1) is 11.3 Å². The highest BCUT2D eigenvalue weighted by molar-refractivity contribution is 7.09. The summed E-state index contributed by atoms with van der Waals surface area (Å²) in [7, 11) is 1.56. The smallest absolute Gasteiger partial charge is 0.329 e. The Morgan fingerprint density at radius 3 is 2.79 bits per heavy atom. The van der Waals surface area contributed by atoms with E-state index in [1.165, 1.54) is 0 Å². The van der Waals surface area contributed by atoms with Crippen LogP contribution >= 0.6 is 11.3 Å². The average molecular weight is 287 g/mol. The van der Waals surface area contributed by atoms with Crippen LogP contribution in [0.2, 0.25) is 0 Å². The van der Waals surface area contributed by atoms with Gasteiger partial charge in [0.1, 0.15) is 13.2 Å². The highest BCUT2D eigenvalue weighted by Crippen LogP contribution is 2.12. The van der Waals surface area contributed by atoms with Gasteiger partial charge in [-0.1, -0.05) is 6.07 Å². The molecule has 1 aromatic rings. The van der Waals surface area contributed by atoms with E-state index in [2.05, 4.69) is 0 Å². The summed E-state index contributed by atoms with van der Waals surface area (Å²) in [6, 6.07) is 3.86. The van der Waals surface area contributed by atoms with Crippen LogP contribution in [0.3, 0.4) is 0 Å². The summed E-state index contributed by atoms with van der Waals surface area (Å²) in [5, 5.41) is 10.4. The molecular weight excluding hydrogens is 270 g/mol. The fourth-order valence-electron chi connectivity index (χ4n) is 1.40. The third-order valence-electron chi connectivity index (χ3n) is 2.30. The monoisotopic (exact) mass is 287 g/mol. The molecule has 0 radical (unpaired) electrons. The molecule has 1 heterocycles. The van der Waals surface area contributed by atoms with Crippen LogP contribution in [0.5, 0.6) is 0 Å². The molecule has 6 nitrogen and oxygen atoms in total. The number of ether oxygens (including phenoxy) is 2. The van der Waals surface area contributed by atoms with Gasteiger partial charge in [-0.2, -0.15) is 0 Å². The minimum absolute atomic E-state index is 0.235. The molecule has 0 unspecified atom stereocenters. The Balaban J connectivity index is 2.47. The third-order valence-corrected chi connectivity index (χ3v) is 3.16. The number of aliphatic carboxylic acids is 1. The van der Waals surface area contributed by atoms with Gasteiger partial charge in [0.25, 0.3) is 0 Å². The maximum Gasteiger partial charge on any atom is 0.329 e. The molecule has 0 aliphatic heterocycles. The van der Waals surface area contributed by atoms with E-state index in [0.717, 1.165) is 4.88 Å². The third kappa shape index (κ3) is 6.32. The summed E-state index contributed by atoms with van der Waals surface area (Å²) < 4.78 is 9.77. The molecule has 7 heteroatoms. The van der Waals surface area contributed by atoms with Gasteiger partial charge in [0.05, 0.1) is 13.2 Å². The first-order valence-electron chi connectivity index (χ1n) is 5.72. The maximum atomic E-state index is 11.9. The number of carbonyl (C=O) groups is 2. The summed E-state index contributed by atoms with van der Waals surface area (Å²) in [5.74, 6) is -1.33. The van der Waals surface area contributed by atoms with Crippen LogP contribution in [-0.2, 0) is 25.6 Å². The second kappa shape index (κ2) is 8.63. The molecule has 0 saturated carbocycles. The number of thiophene rings is 1. The van der Waals surface area contributed by atoms with Gasteiger partial charge in [-0.05, 0) is 11.4 Å². The predicted molar refractivity (Wildman–Crippen MR) is 70.1 cm³/mol. The second-order valence-corrected chi connectivity index (χ2v) is 4.81. The fourth-order valence-corrected chi connectivity index (χ4v) is 2.12. The van der Waals surface area contributed by atoms with E-state index >= 15 is 0 Å². The van der Waals surface area contributed by atoms with E-state index in [4.69, 9.17) is 14.6 Å². The van der Waals surface area contributed by atoms with Crippen molar-refractivity contribution >= 4 is 23.2 Å². The van der Waals surface area contributed by atoms with Gasteiger partial charge in [-0.3, -0.25) is 4.79 Å². The highest BCUT2D eigenvalue weighted by Gasteiger charge is 2.15. The molecule has 0 aromatic carbocycles. The number of carbonyl (C=O) groups excluding carboxylic acids is 1. The molecule has 0 spiro atoms. The molecular formula is C12H17NO5S. The van der Waals surface area contributed by atoms with Crippen molar-refractivity contribution < 1.29 is 24.2 Å². The number of amides is 1. The average Bonchev–Trinajstić information content (AvgIpc) is 2.86. The number of nitrogens with zero attached hydrogens (tertiary/aromatic N) is 1. The van der Waals surface area contributed by atoms with Crippen LogP contribution in [-0.4, -0.2) is 55.4 Å². The molecule has 106 valence electrons. The van der Waals surface area contributed by atoms with E-state index < -0.39 is 12.6 Å². The summed E-state index contributed by atoms with van der Waals surface area (Å²) in [6.45, 7) is 0.653. The minimum atomic E-state index is -1.09. The molecule has 0 aliphatic carbocycles. The molecule has 1 aromatic heterocycles. The van der Waals surface area contributed by atoms with Crippen molar-refractivity contribution in [2.75, 3.05) is 33.5 Å². The van der Waals surface area contributed by atoms with Gasteiger partial charge in [-0.25, -0.2) is 4.79 Å². The lowest BCUT2D eigenvalue weighted by Crippen LogP contribution is -2.36. The molecule has 1 rings (SSSR count). The van der Waals surface area contributed by atoms with Crippen LogP contribution < -0.4 is 0 Å². The van der Waals surface area contributed by atoms with Crippen LogP contribution in [0.15, 0.2) is 17.5 Å². The number of carboxylic acid groups (broad SMARTS) is 1. The van der Waals surface area contributed by atoms with Gasteiger partial charge in [0.2, 0.25) is 5.91 Å². The minimum Gasteiger partial charge on any atom is -0.480 e. The van der Waals surface area contributed by atoms with Crippen LogP contribution in [0, 0.1) is 0 Å². The quantitative estimate of drug-likeness (QED) is 0.728. The first-order valence-corrected chi connectivity index (χ1v) is 6.60. The van der Waals surface area contributed by atoms with Crippen molar-refractivity contribution in [1.29, 1.82) is 0 Å². The topological polar surface area (TPSA) is 76.1 Å². The number of carboxylic acids is 1. The lowest BCUT2D eigenvalue weighted by molar-refractivity contribution is -0.146. The summed E-state index contributed by atoms with van der Waals surface area (Å²) in [4.78, 5) is 24.9. The van der Waals surface area contributed by atoms with E-state index in [9.17, 15) is 9.59 Å². The second-order valence-electron chi connectivity index (χ2n) is 3.77. The first kappa shape index (κ1) is 15.6. The molecule has 19 heavy (non-hydrogen) atoms. The Morgan fingerprint density at radius 2 is 2.21 bits per heavy atom. The van der Waals surface area contributed by atoms with Crippen molar-refractivity contribution in [3.05, 3.63) is 22.4 Å². The zero-order chi connectivity index (χ0) is 14.1. The van der Waals surface area contributed by atoms with Crippen molar-refractivity contribution in [1.82, 2.24) is 4.90 Å². The van der Waals surface area contributed by atoms with Crippen LogP contribution in [0.4, 0.5) is 0 Å². The lowest BCUT2D eigenvalue weighted by Gasteiger charge is -2.21. The van der Waals surface area contributed by atoms with Crippen LogP contribution in [0.25, 0.3) is 0 Å². The normalized spacial score (nSPS) is 10.4. The summed E-state index contributed by atoms with van der Waals surface area (Å²) >= 11 is 1.56. The highest BCUT2D eigenvalue weighted by atomic mass is 32.1. The SMILES string of the molecule is COCCN(Cc1cccs1)C(=O)COCC(=O)O. The van der Waals surface area contributed by atoms with E-state index in [1.54, 1.807) is 23.3 Å². The van der Waals surface area contributed by atoms with Crippen molar-refractivity contribution in [2.45, 2.75) is 6.54 Å². The van der Waals surface area contributed by atoms with E-state index in [0.29, 0.717) is 19.7 Å². The van der Waals surface area contributed by atoms with Crippen LogP contribution in [0.1, 0.15) is 4.88 Å². The number of hydrogen-bond donors (Lipinski definition) is 1. The molecule has 0 saturated heterocycles. The molecule has 1 N–H and O–H groups in total. The standard InChI is InChI=1S/C12H17NO5S/c1-17-5-4-13(7-10-3-2-6-19-10)11(14)8-18-9-12(15)16/h2-3,6H,4-5,7-9H2,1H3,(H,15,16).